The quantitative estimate of drug-likeness (QED) is 0.754. The fourth-order valence-electron chi connectivity index (χ4n) is 3.72. The molecule has 2 fully saturated rings. The Morgan fingerprint density at radius 2 is 1.75 bits per heavy atom. The van der Waals surface area contributed by atoms with Crippen molar-refractivity contribution < 1.29 is 13.2 Å². The van der Waals surface area contributed by atoms with Crippen LogP contribution in [0.4, 0.5) is 0 Å². The zero-order valence-corrected chi connectivity index (χ0v) is 16.4. The number of hydrogen-bond donors (Lipinski definition) is 2. The lowest BCUT2D eigenvalue weighted by Gasteiger charge is -2.38. The van der Waals surface area contributed by atoms with Crippen molar-refractivity contribution in [3.8, 4) is 0 Å². The summed E-state index contributed by atoms with van der Waals surface area (Å²) in [6.45, 7) is 5.34. The summed E-state index contributed by atoms with van der Waals surface area (Å²) < 4.78 is 27.3. The second-order valence-electron chi connectivity index (χ2n) is 7.44. The number of hydrogen-bond acceptors (Lipinski definition) is 4. The lowest BCUT2D eigenvalue weighted by Crippen LogP contribution is -2.52. The standard InChI is InChI=1S/C16H31N3O3S.ClH/c1-12-3-5-14(6-4-12)18-23(21,22)11-16(20)19-8-7-13(2)9-15(19)10-17;/h12-15,18H,3-11,17H2,1-2H3;1H. The summed E-state index contributed by atoms with van der Waals surface area (Å²) in [5, 5.41) is 0. The van der Waals surface area contributed by atoms with Gasteiger partial charge in [-0.25, -0.2) is 13.1 Å². The Bertz CT molecular complexity index is 507. The number of amides is 1. The lowest BCUT2D eigenvalue weighted by atomic mass is 9.88. The van der Waals surface area contributed by atoms with Crippen LogP contribution in [0.15, 0.2) is 0 Å². The molecule has 3 N–H and O–H groups in total. The van der Waals surface area contributed by atoms with Crippen LogP contribution in [0.2, 0.25) is 0 Å². The summed E-state index contributed by atoms with van der Waals surface area (Å²) in [4.78, 5) is 14.1. The Kier molecular flexibility index (Phi) is 8.45. The molecule has 2 rings (SSSR count). The first-order valence-electron chi connectivity index (χ1n) is 8.80. The van der Waals surface area contributed by atoms with Gasteiger partial charge in [0.2, 0.25) is 15.9 Å². The van der Waals surface area contributed by atoms with Gasteiger partial charge < -0.3 is 10.6 Å². The van der Waals surface area contributed by atoms with Gasteiger partial charge in [0.25, 0.3) is 0 Å². The van der Waals surface area contributed by atoms with Crippen LogP contribution < -0.4 is 10.5 Å². The fraction of sp³-hybridized carbons (Fsp3) is 0.938. The summed E-state index contributed by atoms with van der Waals surface area (Å²) >= 11 is 0. The number of nitrogens with one attached hydrogen (secondary N) is 1. The van der Waals surface area contributed by atoms with Crippen LogP contribution in [-0.2, 0) is 14.8 Å². The number of nitrogens with two attached hydrogens (primary N) is 1. The van der Waals surface area contributed by atoms with Crippen molar-refractivity contribution >= 4 is 28.3 Å². The van der Waals surface area contributed by atoms with Crippen molar-refractivity contribution in [2.24, 2.45) is 17.6 Å². The van der Waals surface area contributed by atoms with Gasteiger partial charge in [-0.15, -0.1) is 12.4 Å². The lowest BCUT2D eigenvalue weighted by molar-refractivity contribution is -0.132. The molecule has 1 aliphatic heterocycles. The molecule has 1 aliphatic carbocycles. The minimum Gasteiger partial charge on any atom is -0.338 e. The molecule has 0 aromatic heterocycles. The van der Waals surface area contributed by atoms with Gasteiger partial charge in [0.1, 0.15) is 5.75 Å². The van der Waals surface area contributed by atoms with Gasteiger partial charge in [-0.05, 0) is 50.4 Å². The summed E-state index contributed by atoms with van der Waals surface area (Å²) in [7, 11) is -3.57. The highest BCUT2D eigenvalue weighted by Crippen LogP contribution is 2.24. The van der Waals surface area contributed by atoms with Gasteiger partial charge >= 0.3 is 0 Å². The van der Waals surface area contributed by atoms with E-state index in [0.717, 1.165) is 38.5 Å². The number of carbonyl (C=O) groups is 1. The van der Waals surface area contributed by atoms with Crippen LogP contribution in [0.1, 0.15) is 52.4 Å². The summed E-state index contributed by atoms with van der Waals surface area (Å²) in [6.07, 6.45) is 5.58. The van der Waals surface area contributed by atoms with Crippen molar-refractivity contribution in [1.29, 1.82) is 0 Å². The van der Waals surface area contributed by atoms with Crippen LogP contribution in [-0.4, -0.2) is 50.2 Å². The molecule has 2 unspecified atom stereocenters. The van der Waals surface area contributed by atoms with Crippen LogP contribution in [0.5, 0.6) is 0 Å². The third kappa shape index (κ3) is 6.17. The molecule has 0 radical (unpaired) electrons. The molecule has 6 nitrogen and oxygen atoms in total. The van der Waals surface area contributed by atoms with Crippen LogP contribution >= 0.6 is 12.4 Å². The van der Waals surface area contributed by atoms with Crippen LogP contribution in [0, 0.1) is 11.8 Å². The topological polar surface area (TPSA) is 92.5 Å². The van der Waals surface area contributed by atoms with E-state index in [0.29, 0.717) is 24.9 Å². The van der Waals surface area contributed by atoms with E-state index < -0.39 is 15.8 Å². The smallest absolute Gasteiger partial charge is 0.239 e. The fourth-order valence-corrected chi connectivity index (χ4v) is 5.04. The number of piperidine rings is 1. The van der Waals surface area contributed by atoms with Crippen molar-refractivity contribution in [3.05, 3.63) is 0 Å². The number of nitrogens with zero attached hydrogens (tertiary/aromatic N) is 1. The first-order chi connectivity index (χ1) is 10.8. The molecule has 24 heavy (non-hydrogen) atoms. The zero-order chi connectivity index (χ0) is 17.0. The maximum absolute atomic E-state index is 12.4. The molecule has 1 saturated carbocycles. The maximum Gasteiger partial charge on any atom is 0.239 e. The molecular weight excluding hydrogens is 350 g/mol. The van der Waals surface area contributed by atoms with Gasteiger partial charge in [-0.3, -0.25) is 4.79 Å². The molecule has 0 spiro atoms. The Labute approximate surface area is 152 Å². The number of likely N-dealkylation sites (tertiary alicyclic amines) is 1. The first-order valence-corrected chi connectivity index (χ1v) is 10.5. The molecule has 2 atom stereocenters. The van der Waals surface area contributed by atoms with E-state index in [1.54, 1.807) is 4.90 Å². The Balaban J connectivity index is 0.00000288. The Hall–Kier alpha value is -0.370. The molecule has 0 bridgehead atoms. The van der Waals surface area contributed by atoms with Crippen molar-refractivity contribution in [3.63, 3.8) is 0 Å². The van der Waals surface area contributed by atoms with E-state index in [1.807, 2.05) is 0 Å². The van der Waals surface area contributed by atoms with Gasteiger partial charge in [-0.2, -0.15) is 0 Å². The normalized spacial score (nSPS) is 31.4. The molecule has 0 aromatic carbocycles. The van der Waals surface area contributed by atoms with Gasteiger partial charge in [0.05, 0.1) is 0 Å². The van der Waals surface area contributed by atoms with E-state index in [4.69, 9.17) is 5.73 Å². The highest BCUT2D eigenvalue weighted by atomic mass is 35.5. The molecule has 1 amide bonds. The summed E-state index contributed by atoms with van der Waals surface area (Å²) in [5.74, 6) is 0.429. The molecular formula is C16H32ClN3O3S. The molecule has 8 heteroatoms. The van der Waals surface area contributed by atoms with Gasteiger partial charge in [0, 0.05) is 25.2 Å². The molecule has 1 heterocycles. The van der Waals surface area contributed by atoms with E-state index in [1.165, 1.54) is 0 Å². The third-order valence-corrected chi connectivity index (χ3v) is 6.57. The van der Waals surface area contributed by atoms with E-state index in [2.05, 4.69) is 18.6 Å². The minimum absolute atomic E-state index is 0. The maximum atomic E-state index is 12.4. The van der Waals surface area contributed by atoms with Crippen LogP contribution in [0.3, 0.4) is 0 Å². The predicted octanol–water partition coefficient (Wildman–Crippen LogP) is 1.49. The second-order valence-corrected chi connectivity index (χ2v) is 9.19. The zero-order valence-electron chi connectivity index (χ0n) is 14.7. The molecule has 142 valence electrons. The van der Waals surface area contributed by atoms with E-state index in [-0.39, 0.29) is 30.4 Å². The number of rotatable bonds is 5. The monoisotopic (exact) mass is 381 g/mol. The molecule has 2 aliphatic rings. The number of sulfonamides is 1. The largest absolute Gasteiger partial charge is 0.338 e. The average Bonchev–Trinajstić information content (AvgIpc) is 2.48. The number of carbonyl (C=O) groups excluding carboxylic acids is 1. The van der Waals surface area contributed by atoms with Gasteiger partial charge in [-0.1, -0.05) is 13.8 Å². The highest BCUT2D eigenvalue weighted by molar-refractivity contribution is 7.90. The molecule has 0 aromatic rings. The SMILES string of the molecule is CC1CCC(NS(=O)(=O)CC(=O)N2CCC(C)CC2CN)CC1.Cl. The Morgan fingerprint density at radius 1 is 1.12 bits per heavy atom. The minimum atomic E-state index is -3.57. The van der Waals surface area contributed by atoms with E-state index in [9.17, 15) is 13.2 Å². The van der Waals surface area contributed by atoms with Crippen molar-refractivity contribution in [2.75, 3.05) is 18.8 Å². The first kappa shape index (κ1) is 21.7. The second kappa shape index (κ2) is 9.36. The van der Waals surface area contributed by atoms with Crippen molar-refractivity contribution in [1.82, 2.24) is 9.62 Å². The average molecular weight is 382 g/mol. The molecule has 1 saturated heterocycles. The number of halogens is 1. The third-order valence-electron chi connectivity index (χ3n) is 5.25. The highest BCUT2D eigenvalue weighted by Gasteiger charge is 2.32. The predicted molar refractivity (Wildman–Crippen MR) is 98.5 cm³/mol. The summed E-state index contributed by atoms with van der Waals surface area (Å²) in [6, 6.07) is -0.0485. The van der Waals surface area contributed by atoms with Crippen molar-refractivity contribution in [2.45, 2.75) is 64.5 Å². The van der Waals surface area contributed by atoms with Gasteiger partial charge in [0.15, 0.2) is 0 Å². The van der Waals surface area contributed by atoms with Crippen LogP contribution in [0.25, 0.3) is 0 Å². The summed E-state index contributed by atoms with van der Waals surface area (Å²) in [5.41, 5.74) is 5.76. The Morgan fingerprint density at radius 3 is 2.33 bits per heavy atom. The van der Waals surface area contributed by atoms with E-state index >= 15 is 0 Å².